The number of hydrogen-bond donors (Lipinski definition) is 2. The molecule has 30 heavy (non-hydrogen) atoms. The van der Waals surface area contributed by atoms with E-state index in [0.717, 1.165) is 12.8 Å². The molecule has 1 aliphatic carbocycles. The number of amides is 3. The number of nitrogens with one attached hydrogen (secondary N) is 2. The average Bonchev–Trinajstić information content (AvgIpc) is 3.11. The van der Waals surface area contributed by atoms with E-state index in [-0.39, 0.29) is 10.6 Å². The number of aromatic nitrogens is 1. The lowest BCUT2D eigenvalue weighted by atomic mass is 9.96. The lowest BCUT2D eigenvalue weighted by molar-refractivity contribution is 0.0967. The lowest BCUT2D eigenvalue weighted by Crippen LogP contribution is -2.34. The van der Waals surface area contributed by atoms with Gasteiger partial charge in [-0.3, -0.25) is 10.1 Å². The number of nitrogens with zero attached hydrogens (tertiary/aromatic N) is 1. The van der Waals surface area contributed by atoms with E-state index in [2.05, 4.69) is 23.0 Å². The molecule has 0 saturated carbocycles. The molecule has 0 bridgehead atoms. The van der Waals surface area contributed by atoms with Gasteiger partial charge in [-0.05, 0) is 61.1 Å². The number of carbonyl (C=O) groups excluding carboxylic acids is 2. The van der Waals surface area contributed by atoms with Crippen molar-refractivity contribution >= 4 is 52.4 Å². The molecule has 1 heterocycles. The van der Waals surface area contributed by atoms with Gasteiger partial charge in [-0.25, -0.2) is 4.79 Å². The molecule has 4 rings (SSSR count). The van der Waals surface area contributed by atoms with Gasteiger partial charge in [0, 0.05) is 18.1 Å². The number of anilines is 1. The summed E-state index contributed by atoms with van der Waals surface area (Å²) < 4.78 is 1.94. The van der Waals surface area contributed by atoms with Crippen LogP contribution in [0.3, 0.4) is 0 Å². The van der Waals surface area contributed by atoms with Crippen molar-refractivity contribution in [3.05, 3.63) is 80.6 Å². The van der Waals surface area contributed by atoms with Crippen LogP contribution in [0, 0.1) is 0 Å². The molecule has 0 unspecified atom stereocenters. The maximum Gasteiger partial charge on any atom is 0.326 e. The maximum atomic E-state index is 12.2. The van der Waals surface area contributed by atoms with Gasteiger partial charge in [0.1, 0.15) is 0 Å². The van der Waals surface area contributed by atoms with E-state index in [1.807, 2.05) is 4.57 Å². The highest BCUT2D eigenvalue weighted by Crippen LogP contribution is 2.34. The van der Waals surface area contributed by atoms with Crippen LogP contribution in [-0.4, -0.2) is 16.5 Å². The zero-order chi connectivity index (χ0) is 21.3. The molecular formula is C22H18Cl3N3O2. The zero-order valence-corrected chi connectivity index (χ0v) is 18.1. The van der Waals surface area contributed by atoms with Crippen LogP contribution >= 0.6 is 34.8 Å². The van der Waals surface area contributed by atoms with Crippen LogP contribution in [0.4, 0.5) is 10.5 Å². The summed E-state index contributed by atoms with van der Waals surface area (Å²) in [6, 6.07) is 8.96. The standard InChI is InChI=1S/C22H18Cl3N3O2/c23-17-8-4-3-7-16(17)21(29)27-22(30)26-15-9-18(24)20(19(25)10-15)28-11-13-5-1-2-6-14(13)12-28/h3-4,7-12H,1-2,5-6H2,(H2,26,27,29,30). The van der Waals surface area contributed by atoms with Crippen molar-refractivity contribution in [3.8, 4) is 5.69 Å². The van der Waals surface area contributed by atoms with Crippen molar-refractivity contribution in [2.45, 2.75) is 25.7 Å². The first-order valence-electron chi connectivity index (χ1n) is 9.48. The lowest BCUT2D eigenvalue weighted by Gasteiger charge is -2.12. The zero-order valence-electron chi connectivity index (χ0n) is 15.8. The number of aryl methyl sites for hydroxylation is 2. The van der Waals surface area contributed by atoms with E-state index in [0.29, 0.717) is 21.4 Å². The number of fused-ring (bicyclic) bond motifs is 1. The number of benzene rings is 2. The molecule has 2 N–H and O–H groups in total. The van der Waals surface area contributed by atoms with Crippen molar-refractivity contribution in [1.29, 1.82) is 0 Å². The second kappa shape index (κ2) is 8.72. The van der Waals surface area contributed by atoms with Gasteiger partial charge in [-0.15, -0.1) is 0 Å². The summed E-state index contributed by atoms with van der Waals surface area (Å²) in [5, 5.41) is 5.86. The van der Waals surface area contributed by atoms with E-state index in [9.17, 15) is 9.59 Å². The topological polar surface area (TPSA) is 63.1 Å². The van der Waals surface area contributed by atoms with Gasteiger partial charge in [0.2, 0.25) is 0 Å². The first-order valence-corrected chi connectivity index (χ1v) is 10.6. The molecule has 1 aromatic heterocycles. The fourth-order valence-electron chi connectivity index (χ4n) is 3.61. The third-order valence-corrected chi connectivity index (χ3v) is 5.93. The minimum atomic E-state index is -0.712. The van der Waals surface area contributed by atoms with Crippen LogP contribution < -0.4 is 10.6 Å². The molecule has 3 aromatic rings. The molecule has 0 fully saturated rings. The molecular weight excluding hydrogens is 445 g/mol. The van der Waals surface area contributed by atoms with Crippen LogP contribution in [0.15, 0.2) is 48.8 Å². The molecule has 2 aromatic carbocycles. The van der Waals surface area contributed by atoms with Crippen LogP contribution in [0.25, 0.3) is 5.69 Å². The highest BCUT2D eigenvalue weighted by Gasteiger charge is 2.18. The number of halogens is 3. The predicted octanol–water partition coefficient (Wildman–Crippen LogP) is 6.28. The van der Waals surface area contributed by atoms with Crippen LogP contribution in [0.1, 0.15) is 34.3 Å². The van der Waals surface area contributed by atoms with Crippen LogP contribution in [0.2, 0.25) is 15.1 Å². The van der Waals surface area contributed by atoms with E-state index in [4.69, 9.17) is 34.8 Å². The van der Waals surface area contributed by atoms with Crippen molar-refractivity contribution in [3.63, 3.8) is 0 Å². The van der Waals surface area contributed by atoms with Crippen molar-refractivity contribution in [2.75, 3.05) is 5.32 Å². The maximum absolute atomic E-state index is 12.2. The third-order valence-electron chi connectivity index (χ3n) is 5.02. The fourth-order valence-corrected chi connectivity index (χ4v) is 4.52. The Morgan fingerprint density at radius 1 is 0.867 bits per heavy atom. The normalized spacial score (nSPS) is 12.9. The summed E-state index contributed by atoms with van der Waals surface area (Å²) >= 11 is 18.9. The van der Waals surface area contributed by atoms with Crippen molar-refractivity contribution in [2.24, 2.45) is 0 Å². The molecule has 8 heteroatoms. The Morgan fingerprint density at radius 3 is 2.07 bits per heavy atom. The van der Waals surface area contributed by atoms with Gasteiger partial charge in [0.25, 0.3) is 5.91 Å². The minimum Gasteiger partial charge on any atom is -0.321 e. The second-order valence-electron chi connectivity index (χ2n) is 7.10. The Bertz CT molecular complexity index is 1090. The number of hydrogen-bond acceptors (Lipinski definition) is 2. The number of imide groups is 1. The van der Waals surface area contributed by atoms with Gasteiger partial charge in [-0.1, -0.05) is 46.9 Å². The molecule has 0 saturated heterocycles. The van der Waals surface area contributed by atoms with Gasteiger partial charge in [0.05, 0.1) is 26.3 Å². The Kier molecular flexibility index (Phi) is 6.04. The van der Waals surface area contributed by atoms with E-state index in [1.165, 1.54) is 30.0 Å². The number of urea groups is 1. The predicted molar refractivity (Wildman–Crippen MR) is 120 cm³/mol. The molecule has 154 valence electrons. The summed E-state index contributed by atoms with van der Waals surface area (Å²) in [7, 11) is 0. The number of carbonyl (C=O) groups is 2. The van der Waals surface area contributed by atoms with Crippen LogP contribution in [-0.2, 0) is 12.8 Å². The van der Waals surface area contributed by atoms with Gasteiger partial charge < -0.3 is 9.88 Å². The highest BCUT2D eigenvalue weighted by atomic mass is 35.5. The first kappa shape index (κ1) is 20.8. The summed E-state index contributed by atoms with van der Waals surface area (Å²) in [5.74, 6) is -0.607. The van der Waals surface area contributed by atoms with Crippen LogP contribution in [0.5, 0.6) is 0 Å². The molecule has 0 radical (unpaired) electrons. The molecule has 0 aliphatic heterocycles. The second-order valence-corrected chi connectivity index (χ2v) is 8.32. The van der Waals surface area contributed by atoms with E-state index >= 15 is 0 Å². The molecule has 0 atom stereocenters. The van der Waals surface area contributed by atoms with Gasteiger partial charge >= 0.3 is 6.03 Å². The Morgan fingerprint density at radius 2 is 1.47 bits per heavy atom. The smallest absolute Gasteiger partial charge is 0.321 e. The average molecular weight is 463 g/mol. The van der Waals surface area contributed by atoms with Gasteiger partial charge in [-0.2, -0.15) is 0 Å². The molecule has 1 aliphatic rings. The Labute approximate surface area is 188 Å². The summed E-state index contributed by atoms with van der Waals surface area (Å²) in [6.45, 7) is 0. The Hall–Kier alpha value is -2.47. The third kappa shape index (κ3) is 4.33. The Balaban J connectivity index is 1.50. The summed E-state index contributed by atoms with van der Waals surface area (Å²) in [5.41, 5.74) is 3.86. The minimum absolute atomic E-state index is 0.206. The molecule has 0 spiro atoms. The monoisotopic (exact) mass is 461 g/mol. The SMILES string of the molecule is O=C(NC(=O)c1ccccc1Cl)Nc1cc(Cl)c(-n2cc3c(c2)CCCC3)c(Cl)c1. The van der Waals surface area contributed by atoms with Crippen molar-refractivity contribution in [1.82, 2.24) is 9.88 Å². The highest BCUT2D eigenvalue weighted by molar-refractivity contribution is 6.38. The summed E-state index contributed by atoms with van der Waals surface area (Å²) in [4.78, 5) is 24.5. The van der Waals surface area contributed by atoms with Crippen molar-refractivity contribution < 1.29 is 9.59 Å². The largest absolute Gasteiger partial charge is 0.326 e. The quantitative estimate of drug-likeness (QED) is 0.481. The van der Waals surface area contributed by atoms with E-state index in [1.54, 1.807) is 30.3 Å². The van der Waals surface area contributed by atoms with E-state index < -0.39 is 11.9 Å². The van der Waals surface area contributed by atoms with Gasteiger partial charge in [0.15, 0.2) is 0 Å². The fraction of sp³-hybridized carbons (Fsp3) is 0.182. The molecule has 5 nitrogen and oxygen atoms in total. The first-order chi connectivity index (χ1) is 14.4. The summed E-state index contributed by atoms with van der Waals surface area (Å²) in [6.07, 6.45) is 8.59. The molecule has 3 amide bonds. The number of rotatable bonds is 3.